The molecule has 3 rings (SSSR count). The molecule has 0 aliphatic carbocycles. The standard InChI is InChI=1S/C27H25F3O3S/c1-18(16-17-33-23-12-14-24(15-13-23)34-26(2,3)25(31)32)19-4-6-20(7-5-19)21-8-10-22(11-9-21)27(28,29)30/h4-16H,17H2,1-3H3,(H,31,32)/b18-16+. The summed E-state index contributed by atoms with van der Waals surface area (Å²) < 4.78 is 43.1. The molecule has 0 heterocycles. The van der Waals surface area contributed by atoms with Gasteiger partial charge in [0.05, 0.1) is 5.56 Å². The Bertz CT molecular complexity index is 1150. The Balaban J connectivity index is 1.58. The van der Waals surface area contributed by atoms with E-state index in [0.29, 0.717) is 12.4 Å². The molecule has 0 saturated heterocycles. The summed E-state index contributed by atoms with van der Waals surface area (Å²) in [6, 6.07) is 20.0. The van der Waals surface area contributed by atoms with Crippen LogP contribution in [0.3, 0.4) is 0 Å². The zero-order chi connectivity index (χ0) is 24.9. The third kappa shape index (κ3) is 6.67. The van der Waals surface area contributed by atoms with E-state index in [1.165, 1.54) is 23.9 Å². The zero-order valence-corrected chi connectivity index (χ0v) is 19.8. The molecule has 0 unspecified atom stereocenters. The minimum atomic E-state index is -4.34. The maximum Gasteiger partial charge on any atom is 0.416 e. The lowest BCUT2D eigenvalue weighted by Crippen LogP contribution is -2.26. The molecule has 7 heteroatoms. The highest BCUT2D eigenvalue weighted by Gasteiger charge is 2.30. The largest absolute Gasteiger partial charge is 0.490 e. The van der Waals surface area contributed by atoms with E-state index < -0.39 is 22.5 Å². The average Bonchev–Trinajstić information content (AvgIpc) is 2.79. The van der Waals surface area contributed by atoms with Crippen LogP contribution in [0.4, 0.5) is 13.2 Å². The first-order chi connectivity index (χ1) is 16.0. The van der Waals surface area contributed by atoms with Gasteiger partial charge in [-0.15, -0.1) is 11.8 Å². The van der Waals surface area contributed by atoms with Gasteiger partial charge in [0.2, 0.25) is 0 Å². The van der Waals surface area contributed by atoms with Gasteiger partial charge < -0.3 is 9.84 Å². The molecule has 34 heavy (non-hydrogen) atoms. The molecule has 0 amide bonds. The van der Waals surface area contributed by atoms with Crippen molar-refractivity contribution in [2.75, 3.05) is 6.61 Å². The first kappa shape index (κ1) is 25.4. The first-order valence-corrected chi connectivity index (χ1v) is 11.4. The average molecular weight is 487 g/mol. The number of hydrogen-bond acceptors (Lipinski definition) is 3. The minimum Gasteiger partial charge on any atom is -0.490 e. The van der Waals surface area contributed by atoms with E-state index in [1.54, 1.807) is 13.8 Å². The highest BCUT2D eigenvalue weighted by molar-refractivity contribution is 8.01. The van der Waals surface area contributed by atoms with E-state index in [4.69, 9.17) is 4.74 Å². The van der Waals surface area contributed by atoms with Crippen molar-refractivity contribution in [2.24, 2.45) is 0 Å². The minimum absolute atomic E-state index is 0.361. The highest BCUT2D eigenvalue weighted by Crippen LogP contribution is 2.34. The van der Waals surface area contributed by atoms with Gasteiger partial charge >= 0.3 is 12.1 Å². The smallest absolute Gasteiger partial charge is 0.416 e. The van der Waals surface area contributed by atoms with Gasteiger partial charge in [-0.3, -0.25) is 4.79 Å². The van der Waals surface area contributed by atoms with E-state index >= 15 is 0 Å². The SMILES string of the molecule is C/C(=C\COc1ccc(SC(C)(C)C(=O)O)cc1)c1ccc(-c2ccc(C(F)(F)F)cc2)cc1. The predicted octanol–water partition coefficient (Wildman–Crippen LogP) is 7.81. The third-order valence-corrected chi connectivity index (χ3v) is 6.43. The lowest BCUT2D eigenvalue weighted by molar-refractivity contribution is -0.139. The Morgan fingerprint density at radius 1 is 0.912 bits per heavy atom. The van der Waals surface area contributed by atoms with Gasteiger partial charge in [0.15, 0.2) is 0 Å². The number of ether oxygens (including phenoxy) is 1. The number of alkyl halides is 3. The highest BCUT2D eigenvalue weighted by atomic mass is 32.2. The van der Waals surface area contributed by atoms with Gasteiger partial charge in [-0.2, -0.15) is 13.2 Å². The second-order valence-corrected chi connectivity index (χ2v) is 9.94. The van der Waals surface area contributed by atoms with Crippen LogP contribution in [0.15, 0.2) is 83.8 Å². The second kappa shape index (κ2) is 10.4. The molecule has 0 radical (unpaired) electrons. The Morgan fingerprint density at radius 2 is 1.44 bits per heavy atom. The van der Waals surface area contributed by atoms with E-state index in [-0.39, 0.29) is 0 Å². The van der Waals surface area contributed by atoms with Gasteiger partial charge in [0, 0.05) is 4.90 Å². The third-order valence-electron chi connectivity index (χ3n) is 5.24. The lowest BCUT2D eigenvalue weighted by Gasteiger charge is -2.18. The van der Waals surface area contributed by atoms with Gasteiger partial charge in [-0.1, -0.05) is 36.4 Å². The molecule has 0 spiro atoms. The van der Waals surface area contributed by atoms with Crippen molar-refractivity contribution in [3.63, 3.8) is 0 Å². The zero-order valence-electron chi connectivity index (χ0n) is 19.0. The van der Waals surface area contributed by atoms with Crippen LogP contribution in [0.25, 0.3) is 16.7 Å². The van der Waals surface area contributed by atoms with Crippen LogP contribution >= 0.6 is 11.8 Å². The van der Waals surface area contributed by atoms with Crippen LogP contribution in [0.2, 0.25) is 0 Å². The van der Waals surface area contributed by atoms with E-state index in [0.717, 1.165) is 39.3 Å². The van der Waals surface area contributed by atoms with E-state index in [9.17, 15) is 23.1 Å². The predicted molar refractivity (Wildman–Crippen MR) is 130 cm³/mol. The van der Waals surface area contributed by atoms with Crippen molar-refractivity contribution in [2.45, 2.75) is 36.6 Å². The van der Waals surface area contributed by atoms with E-state index in [2.05, 4.69) is 0 Å². The molecule has 178 valence electrons. The topological polar surface area (TPSA) is 46.5 Å². The molecule has 1 N–H and O–H groups in total. The van der Waals surface area contributed by atoms with Crippen molar-refractivity contribution < 1.29 is 27.8 Å². The number of hydrogen-bond donors (Lipinski definition) is 1. The monoisotopic (exact) mass is 486 g/mol. The second-order valence-electron chi connectivity index (χ2n) is 8.24. The van der Waals surface area contributed by atoms with Gasteiger partial charge in [-0.05, 0) is 85.5 Å². The molecular weight excluding hydrogens is 461 g/mol. The first-order valence-electron chi connectivity index (χ1n) is 10.6. The number of thioether (sulfide) groups is 1. The van der Waals surface area contributed by atoms with Crippen LogP contribution in [0.5, 0.6) is 5.75 Å². The van der Waals surface area contributed by atoms with Crippen LogP contribution in [0.1, 0.15) is 31.9 Å². The van der Waals surface area contributed by atoms with Gasteiger partial charge in [0.1, 0.15) is 17.1 Å². The number of benzene rings is 3. The molecule has 0 saturated carbocycles. The fourth-order valence-corrected chi connectivity index (χ4v) is 4.05. The van der Waals surface area contributed by atoms with Crippen molar-refractivity contribution in [1.82, 2.24) is 0 Å². The summed E-state index contributed by atoms with van der Waals surface area (Å²) in [4.78, 5) is 12.1. The van der Waals surface area contributed by atoms with Crippen molar-refractivity contribution in [1.29, 1.82) is 0 Å². The maximum atomic E-state index is 12.7. The molecule has 0 fully saturated rings. The Morgan fingerprint density at radius 3 is 1.94 bits per heavy atom. The molecule has 0 aliphatic rings. The van der Waals surface area contributed by atoms with Gasteiger partial charge in [0.25, 0.3) is 0 Å². The van der Waals surface area contributed by atoms with Crippen LogP contribution in [-0.2, 0) is 11.0 Å². The number of carboxylic acid groups (broad SMARTS) is 1. The number of carboxylic acids is 1. The quantitative estimate of drug-likeness (QED) is 0.330. The fourth-order valence-electron chi connectivity index (χ4n) is 3.10. The molecule has 0 aromatic heterocycles. The molecule has 0 aliphatic heterocycles. The Labute approximate surface area is 201 Å². The molecule has 0 bridgehead atoms. The summed E-state index contributed by atoms with van der Waals surface area (Å²) in [5, 5.41) is 9.24. The summed E-state index contributed by atoms with van der Waals surface area (Å²) >= 11 is 1.27. The maximum absolute atomic E-state index is 12.7. The molecular formula is C27H25F3O3S. The van der Waals surface area contributed by atoms with Crippen LogP contribution in [0, 0.1) is 0 Å². The number of rotatable bonds is 8. The molecule has 0 atom stereocenters. The van der Waals surface area contributed by atoms with Crippen LogP contribution < -0.4 is 4.74 Å². The van der Waals surface area contributed by atoms with Crippen LogP contribution in [-0.4, -0.2) is 22.4 Å². The number of carbonyl (C=O) groups is 1. The summed E-state index contributed by atoms with van der Waals surface area (Å²) in [6.07, 6.45) is -2.39. The summed E-state index contributed by atoms with van der Waals surface area (Å²) in [6.45, 7) is 5.64. The van der Waals surface area contributed by atoms with Crippen molar-refractivity contribution in [3.8, 4) is 16.9 Å². The molecule has 3 nitrogen and oxygen atoms in total. The summed E-state index contributed by atoms with van der Waals surface area (Å²) in [7, 11) is 0. The van der Waals surface area contributed by atoms with E-state index in [1.807, 2.05) is 61.5 Å². The summed E-state index contributed by atoms with van der Waals surface area (Å²) in [5.41, 5.74) is 2.89. The van der Waals surface area contributed by atoms with Crippen molar-refractivity contribution in [3.05, 3.63) is 90.0 Å². The Kier molecular flexibility index (Phi) is 7.77. The lowest BCUT2D eigenvalue weighted by atomic mass is 10.00. The Hall–Kier alpha value is -3.19. The normalized spacial score (nSPS) is 12.5. The molecule has 3 aromatic carbocycles. The summed E-state index contributed by atoms with van der Waals surface area (Å²) in [5.74, 6) is -0.190. The molecule has 3 aromatic rings. The number of halogens is 3. The number of allylic oxidation sites excluding steroid dienone is 1. The van der Waals surface area contributed by atoms with Crippen molar-refractivity contribution >= 4 is 23.3 Å². The van der Waals surface area contributed by atoms with Gasteiger partial charge in [-0.25, -0.2) is 0 Å². The fraction of sp³-hybridized carbons (Fsp3) is 0.222. The number of aliphatic carboxylic acids is 1.